The summed E-state index contributed by atoms with van der Waals surface area (Å²) in [5, 5.41) is 2.01. The summed E-state index contributed by atoms with van der Waals surface area (Å²) in [5.74, 6) is 5.43. The average molecular weight is 1410 g/mol. The zero-order valence-corrected chi connectivity index (χ0v) is 58.4. The van der Waals surface area contributed by atoms with E-state index < -0.39 is 0 Å². The third-order valence-electron chi connectivity index (χ3n) is 15.0. The Morgan fingerprint density at radius 1 is 0.317 bits per heavy atom. The van der Waals surface area contributed by atoms with E-state index in [-0.39, 0.29) is 0 Å². The molecule has 0 bridgehead atoms. The van der Waals surface area contributed by atoms with Gasteiger partial charge in [-0.1, -0.05) is 152 Å². The molecule has 12 rings (SSSR count). The van der Waals surface area contributed by atoms with E-state index in [1.54, 1.807) is 134 Å². The van der Waals surface area contributed by atoms with Crippen molar-refractivity contribution in [2.45, 2.75) is 26.4 Å². The van der Waals surface area contributed by atoms with E-state index in [1.165, 1.54) is 0 Å². The monoisotopic (exact) mass is 1400 g/mol. The Hall–Kier alpha value is -11.9. The van der Waals surface area contributed by atoms with Gasteiger partial charge in [-0.05, 0) is 78.9 Å². The molecule has 0 aliphatic rings. The van der Waals surface area contributed by atoms with E-state index in [0.29, 0.717) is 88.0 Å². The van der Waals surface area contributed by atoms with Crippen LogP contribution in [0, 0.1) is 0 Å². The van der Waals surface area contributed by atoms with Gasteiger partial charge in [0.1, 0.15) is 55.2 Å². The van der Waals surface area contributed by atoms with Crippen molar-refractivity contribution in [3.8, 4) is 97.3 Å². The number of benzene rings is 4. The fourth-order valence-electron chi connectivity index (χ4n) is 9.83. The smallest absolute Gasteiger partial charge is 0.213 e. The number of rotatable bonds is 25. The summed E-state index contributed by atoms with van der Waals surface area (Å²) in [7, 11) is 7.94. The normalized spacial score (nSPS) is 10.3. The van der Waals surface area contributed by atoms with Crippen molar-refractivity contribution in [1.29, 1.82) is 0 Å². The topological polar surface area (TPSA) is 186 Å². The lowest BCUT2D eigenvalue weighted by molar-refractivity contribution is 0.302. The zero-order chi connectivity index (χ0) is 71.3. The van der Waals surface area contributed by atoms with Gasteiger partial charge >= 0.3 is 0 Å². The minimum atomic E-state index is 0.337. The van der Waals surface area contributed by atoms with Gasteiger partial charge in [0.15, 0.2) is 0 Å². The molecule has 0 saturated heterocycles. The van der Waals surface area contributed by atoms with Crippen molar-refractivity contribution in [2.24, 2.45) is 0 Å². The molecule has 510 valence electrons. The molecule has 0 amide bonds. The lowest BCUT2D eigenvalue weighted by Crippen LogP contribution is -2.01. The number of pyridine rings is 8. The average Bonchev–Trinajstić information content (AvgIpc) is 0.849. The molecule has 0 aliphatic carbocycles. The third-order valence-corrected chi connectivity index (χ3v) is 15.8. The van der Waals surface area contributed by atoms with Crippen LogP contribution in [-0.2, 0) is 26.4 Å². The van der Waals surface area contributed by atoms with E-state index in [9.17, 15) is 0 Å². The van der Waals surface area contributed by atoms with Crippen LogP contribution in [0.2, 0.25) is 15.1 Å². The van der Waals surface area contributed by atoms with Crippen LogP contribution in [0.5, 0.6) is 52.3 Å². The van der Waals surface area contributed by atoms with Crippen molar-refractivity contribution in [3.63, 3.8) is 0 Å². The van der Waals surface area contributed by atoms with Crippen LogP contribution < -0.4 is 42.6 Å². The molecule has 0 fully saturated rings. The Balaban J connectivity index is 0.000000157. The van der Waals surface area contributed by atoms with Crippen molar-refractivity contribution in [3.05, 3.63) is 305 Å². The number of hydrogen-bond acceptors (Lipinski definition) is 17. The summed E-state index contributed by atoms with van der Waals surface area (Å²) in [4.78, 5) is 34.7. The van der Waals surface area contributed by atoms with Crippen LogP contribution in [0.3, 0.4) is 0 Å². The Labute approximate surface area is 602 Å². The van der Waals surface area contributed by atoms with Gasteiger partial charge in [0.2, 0.25) is 23.5 Å². The summed E-state index contributed by atoms with van der Waals surface area (Å²) >= 11 is 18.4. The van der Waals surface area contributed by atoms with Crippen LogP contribution in [0.25, 0.3) is 69.3 Å². The molecule has 8 aromatic heterocycles. The number of halogens is 3. The van der Waals surface area contributed by atoms with E-state index in [4.69, 9.17) is 77.4 Å². The highest BCUT2D eigenvalue weighted by molar-refractivity contribution is 6.33. The fraction of sp³-hybridized carbons (Fsp3) is 0.111. The molecule has 0 saturated carbocycles. The number of methoxy groups -OCH3 is 5. The molecule has 17 nitrogen and oxygen atoms in total. The Bertz CT molecular complexity index is 4760. The van der Waals surface area contributed by atoms with Crippen LogP contribution in [0.1, 0.15) is 44.5 Å². The van der Waals surface area contributed by atoms with Gasteiger partial charge in [0, 0.05) is 131 Å². The maximum atomic E-state index is 6.31. The molecule has 8 heterocycles. The van der Waals surface area contributed by atoms with Crippen LogP contribution in [0.4, 0.5) is 0 Å². The fourth-order valence-corrected chi connectivity index (χ4v) is 10.4. The first kappa shape index (κ1) is 73.4. The standard InChI is InChI=1S/C21H20N2O3.3C20H17ClN2O2/c1-4-15-12-20(25-3)23-13-19(15)26-14-17-6-5-11-22-21(17)16-7-9-18(24-2)10-8-16;1-3-14-11-19(24-2)23-12-18(14)25-13-16-7-5-9-22-20(16)15-6-4-8-17(21)10-15;1-3-14-11-19(24-2)23-12-18(14)25-13-16-5-4-10-22-20(16)15-6-8-17(21)9-7-15;1-3-14-11-19(24-2)23-12-18(14)25-13-15-7-6-10-22-20(15)16-8-4-5-9-17(16)21/h4-13H,1,14H2,2-3H3;3*3-12H,1,13H2,2H3. The number of hydrogen-bond donors (Lipinski definition) is 0. The van der Waals surface area contributed by atoms with Crippen LogP contribution in [-0.4, -0.2) is 75.4 Å². The quantitative estimate of drug-likeness (QED) is 0.0525. The molecule has 0 N–H and O–H groups in total. The summed E-state index contributed by atoms with van der Waals surface area (Å²) < 4.78 is 49.5. The molecule has 0 aliphatic heterocycles. The maximum Gasteiger partial charge on any atom is 0.213 e. The summed E-state index contributed by atoms with van der Waals surface area (Å²) in [6.45, 7) is 16.7. The maximum absolute atomic E-state index is 6.31. The van der Waals surface area contributed by atoms with Crippen LogP contribution in [0.15, 0.2) is 246 Å². The SMILES string of the molecule is C=Cc1cc(OC)ncc1OCc1cccnc1-c1ccc(Cl)cc1.C=Cc1cc(OC)ncc1OCc1cccnc1-c1ccc(OC)cc1.C=Cc1cc(OC)ncc1OCc1cccnc1-c1cccc(Cl)c1.C=Cc1cc(OC)ncc1OCc1cccnc1-c1ccccc1Cl. The summed E-state index contributed by atoms with van der Waals surface area (Å²) in [6.07, 6.45) is 20.4. The Kier molecular flexibility index (Phi) is 27.4. The molecule has 4 aromatic carbocycles. The van der Waals surface area contributed by atoms with Crippen molar-refractivity contribution in [2.75, 3.05) is 35.5 Å². The first-order valence-corrected chi connectivity index (χ1v) is 32.4. The second-order valence-electron chi connectivity index (χ2n) is 21.3. The molecule has 20 heteroatoms. The second kappa shape index (κ2) is 37.7. The minimum Gasteiger partial charge on any atom is -0.497 e. The number of aromatic nitrogens is 8. The molecule has 101 heavy (non-hydrogen) atoms. The van der Waals surface area contributed by atoms with E-state index >= 15 is 0 Å². The number of ether oxygens (including phenoxy) is 9. The van der Waals surface area contributed by atoms with Crippen molar-refractivity contribution in [1.82, 2.24) is 39.9 Å². The van der Waals surface area contributed by atoms with Gasteiger partial charge in [-0.3, -0.25) is 19.9 Å². The molecule has 0 spiro atoms. The van der Waals surface area contributed by atoms with Crippen molar-refractivity contribution < 1.29 is 42.6 Å². The van der Waals surface area contributed by atoms with E-state index in [0.717, 1.165) is 95.3 Å². The van der Waals surface area contributed by atoms with Gasteiger partial charge < -0.3 is 42.6 Å². The van der Waals surface area contributed by atoms with E-state index in [2.05, 4.69) is 66.2 Å². The third kappa shape index (κ3) is 20.4. The lowest BCUT2D eigenvalue weighted by atomic mass is 10.1. The highest BCUT2D eigenvalue weighted by Crippen LogP contribution is 2.34. The Morgan fingerprint density at radius 2 is 0.663 bits per heavy atom. The minimum absolute atomic E-state index is 0.337. The first-order valence-electron chi connectivity index (χ1n) is 31.2. The summed E-state index contributed by atoms with van der Waals surface area (Å²) in [6, 6.07) is 53.2. The number of nitrogens with zero attached hydrogens (tertiary/aromatic N) is 8. The largest absolute Gasteiger partial charge is 0.497 e. The predicted molar refractivity (Wildman–Crippen MR) is 401 cm³/mol. The highest BCUT2D eigenvalue weighted by atomic mass is 35.5. The van der Waals surface area contributed by atoms with Crippen LogP contribution >= 0.6 is 34.8 Å². The van der Waals surface area contributed by atoms with E-state index in [1.807, 2.05) is 146 Å². The lowest BCUT2D eigenvalue weighted by Gasteiger charge is -2.13. The van der Waals surface area contributed by atoms with Gasteiger partial charge in [0.25, 0.3) is 0 Å². The second-order valence-corrected chi connectivity index (χ2v) is 22.6. The van der Waals surface area contributed by atoms with Gasteiger partial charge in [-0.15, -0.1) is 0 Å². The highest BCUT2D eigenvalue weighted by Gasteiger charge is 2.16. The predicted octanol–water partition coefficient (Wildman–Crippen LogP) is 19.5. The van der Waals surface area contributed by atoms with Gasteiger partial charge in [0.05, 0.1) is 83.1 Å². The molecule has 0 atom stereocenters. The molecule has 12 aromatic rings. The van der Waals surface area contributed by atoms with Gasteiger partial charge in [-0.25, -0.2) is 19.9 Å². The first-order chi connectivity index (χ1) is 49.4. The molecule has 0 unspecified atom stereocenters. The molecular formula is C81H71Cl3N8O9. The van der Waals surface area contributed by atoms with Gasteiger partial charge in [-0.2, -0.15) is 0 Å². The summed E-state index contributed by atoms with van der Waals surface area (Å²) in [5.41, 5.74) is 14.3. The Morgan fingerprint density at radius 3 is 1.01 bits per heavy atom. The zero-order valence-electron chi connectivity index (χ0n) is 56.1. The van der Waals surface area contributed by atoms with Crippen molar-refractivity contribution >= 4 is 59.1 Å². The molecular weight excluding hydrogens is 1340 g/mol. The molecule has 0 radical (unpaired) electrons.